The van der Waals surface area contributed by atoms with E-state index in [1.165, 1.54) is 0 Å². The highest BCUT2D eigenvalue weighted by Gasteiger charge is 2.08. The summed E-state index contributed by atoms with van der Waals surface area (Å²) in [7, 11) is 0. The molecule has 1 amide bonds. The molecule has 0 aliphatic heterocycles. The van der Waals surface area contributed by atoms with Crippen molar-refractivity contribution >= 4 is 21.8 Å². The van der Waals surface area contributed by atoms with Gasteiger partial charge in [-0.3, -0.25) is 4.79 Å². The van der Waals surface area contributed by atoms with E-state index in [1.54, 1.807) is 6.07 Å². The second-order valence-corrected chi connectivity index (χ2v) is 4.85. The molecule has 1 aromatic heterocycles. The highest BCUT2D eigenvalue weighted by atomic mass is 79.9. The van der Waals surface area contributed by atoms with Gasteiger partial charge in [-0.15, -0.1) is 0 Å². The molecule has 0 aliphatic rings. The van der Waals surface area contributed by atoms with Gasteiger partial charge < -0.3 is 9.73 Å². The summed E-state index contributed by atoms with van der Waals surface area (Å²) in [5, 5.41) is 2.87. The summed E-state index contributed by atoms with van der Waals surface area (Å²) >= 11 is 3.36. The van der Waals surface area contributed by atoms with Gasteiger partial charge in [-0.1, -0.05) is 12.1 Å². The van der Waals surface area contributed by atoms with Gasteiger partial charge in [0.05, 0.1) is 5.56 Å². The number of rotatable bonds is 4. The van der Waals surface area contributed by atoms with Crippen LogP contribution >= 0.6 is 15.9 Å². The molecule has 0 atom stereocenters. The molecule has 0 saturated heterocycles. The minimum absolute atomic E-state index is 0.0780. The summed E-state index contributed by atoms with van der Waals surface area (Å²) in [6, 6.07) is 11.2. The molecule has 18 heavy (non-hydrogen) atoms. The summed E-state index contributed by atoms with van der Waals surface area (Å²) < 4.78 is 6.24. The average molecular weight is 308 g/mol. The van der Waals surface area contributed by atoms with Gasteiger partial charge in [0.25, 0.3) is 5.91 Å². The van der Waals surface area contributed by atoms with E-state index in [9.17, 15) is 4.79 Å². The first-order chi connectivity index (χ1) is 8.66. The number of carbonyl (C=O) groups is 1. The van der Waals surface area contributed by atoms with Crippen molar-refractivity contribution in [3.8, 4) is 0 Å². The zero-order chi connectivity index (χ0) is 13.0. The third-order valence-electron chi connectivity index (χ3n) is 2.57. The molecule has 94 valence electrons. The van der Waals surface area contributed by atoms with Gasteiger partial charge in [0.2, 0.25) is 0 Å². The van der Waals surface area contributed by atoms with Crippen molar-refractivity contribution < 1.29 is 9.21 Å². The van der Waals surface area contributed by atoms with Crippen LogP contribution in [0.4, 0.5) is 0 Å². The Hall–Kier alpha value is -1.55. The third kappa shape index (κ3) is 3.23. The van der Waals surface area contributed by atoms with Crippen LogP contribution in [0.2, 0.25) is 0 Å². The van der Waals surface area contributed by atoms with E-state index in [0.29, 0.717) is 18.5 Å². The fourth-order valence-corrected chi connectivity index (χ4v) is 2.12. The van der Waals surface area contributed by atoms with E-state index in [2.05, 4.69) is 21.2 Å². The maximum atomic E-state index is 11.9. The summed E-state index contributed by atoms with van der Waals surface area (Å²) in [6.45, 7) is 2.47. The van der Waals surface area contributed by atoms with Crippen LogP contribution in [0.1, 0.15) is 21.9 Å². The summed E-state index contributed by atoms with van der Waals surface area (Å²) in [4.78, 5) is 11.9. The second kappa shape index (κ2) is 5.87. The largest absolute Gasteiger partial charge is 0.466 e. The van der Waals surface area contributed by atoms with Gasteiger partial charge in [-0.2, -0.15) is 0 Å². The number of hydrogen-bond acceptors (Lipinski definition) is 2. The Bertz CT molecular complexity index is 548. The first-order valence-corrected chi connectivity index (χ1v) is 6.54. The quantitative estimate of drug-likeness (QED) is 0.941. The van der Waals surface area contributed by atoms with Gasteiger partial charge in [-0.05, 0) is 47.1 Å². The summed E-state index contributed by atoms with van der Waals surface area (Å²) in [6.07, 6.45) is 0.698. The predicted molar refractivity (Wildman–Crippen MR) is 73.6 cm³/mol. The van der Waals surface area contributed by atoms with E-state index in [-0.39, 0.29) is 5.91 Å². The highest BCUT2D eigenvalue weighted by Crippen LogP contribution is 2.15. The fraction of sp³-hybridized carbons (Fsp3) is 0.214. The van der Waals surface area contributed by atoms with Crippen molar-refractivity contribution in [2.45, 2.75) is 13.3 Å². The normalized spacial score (nSPS) is 10.3. The molecule has 4 heteroatoms. The number of nitrogens with one attached hydrogen (secondary N) is 1. The van der Waals surface area contributed by atoms with E-state index in [1.807, 2.05) is 37.3 Å². The van der Waals surface area contributed by atoms with Crippen LogP contribution in [-0.4, -0.2) is 12.5 Å². The molecule has 0 radical (unpaired) electrons. The van der Waals surface area contributed by atoms with Crippen molar-refractivity contribution in [3.05, 3.63) is 58.0 Å². The van der Waals surface area contributed by atoms with E-state index < -0.39 is 0 Å². The Morgan fingerprint density at radius 1 is 1.28 bits per heavy atom. The molecular weight excluding hydrogens is 294 g/mol. The smallest absolute Gasteiger partial charge is 0.252 e. The van der Waals surface area contributed by atoms with Crippen molar-refractivity contribution in [3.63, 3.8) is 0 Å². The molecule has 0 bridgehead atoms. The molecule has 3 nitrogen and oxygen atoms in total. The number of amides is 1. The number of halogens is 1. The molecule has 1 heterocycles. The Morgan fingerprint density at radius 3 is 2.72 bits per heavy atom. The van der Waals surface area contributed by atoms with E-state index >= 15 is 0 Å². The van der Waals surface area contributed by atoms with Gasteiger partial charge in [0.1, 0.15) is 11.5 Å². The first kappa shape index (κ1) is 12.9. The Kier molecular flexibility index (Phi) is 4.20. The third-order valence-corrected chi connectivity index (χ3v) is 3.26. The molecular formula is C14H14BrNO2. The lowest BCUT2D eigenvalue weighted by atomic mass is 10.2. The standard InChI is InChI=1S/C14H14BrNO2/c1-10-6-7-11(18-10)8-9-16-14(17)12-4-2-3-5-13(12)15/h2-7H,8-9H2,1H3,(H,16,17). The lowest BCUT2D eigenvalue weighted by molar-refractivity contribution is 0.0953. The molecule has 0 unspecified atom stereocenters. The number of furan rings is 1. The Labute approximate surface area is 114 Å². The molecule has 0 saturated carbocycles. The van der Waals surface area contributed by atoms with Crippen molar-refractivity contribution in [2.24, 2.45) is 0 Å². The summed E-state index contributed by atoms with van der Waals surface area (Å²) in [5.74, 6) is 1.70. The maximum Gasteiger partial charge on any atom is 0.252 e. The molecule has 1 aromatic carbocycles. The predicted octanol–water partition coefficient (Wildman–Crippen LogP) is 3.32. The topological polar surface area (TPSA) is 42.2 Å². The Balaban J connectivity index is 1.87. The maximum absolute atomic E-state index is 11.9. The first-order valence-electron chi connectivity index (χ1n) is 5.75. The Morgan fingerprint density at radius 2 is 2.06 bits per heavy atom. The van der Waals surface area contributed by atoms with Gasteiger partial charge in [-0.25, -0.2) is 0 Å². The van der Waals surface area contributed by atoms with Crippen molar-refractivity contribution in [1.29, 1.82) is 0 Å². The lowest BCUT2D eigenvalue weighted by Crippen LogP contribution is -2.25. The fourth-order valence-electron chi connectivity index (χ4n) is 1.66. The van der Waals surface area contributed by atoms with Crippen LogP contribution in [0.5, 0.6) is 0 Å². The minimum atomic E-state index is -0.0780. The second-order valence-electron chi connectivity index (χ2n) is 4.00. The van der Waals surface area contributed by atoms with Crippen molar-refractivity contribution in [2.75, 3.05) is 6.54 Å². The average Bonchev–Trinajstić information content (AvgIpc) is 2.75. The van der Waals surface area contributed by atoms with Crippen LogP contribution in [0, 0.1) is 6.92 Å². The lowest BCUT2D eigenvalue weighted by Gasteiger charge is -2.05. The zero-order valence-electron chi connectivity index (χ0n) is 10.1. The van der Waals surface area contributed by atoms with E-state index in [0.717, 1.165) is 16.0 Å². The van der Waals surface area contributed by atoms with Gasteiger partial charge in [0, 0.05) is 17.4 Å². The van der Waals surface area contributed by atoms with Crippen LogP contribution in [-0.2, 0) is 6.42 Å². The van der Waals surface area contributed by atoms with Crippen LogP contribution in [0.3, 0.4) is 0 Å². The summed E-state index contributed by atoms with van der Waals surface area (Å²) in [5.41, 5.74) is 0.646. The molecule has 0 aliphatic carbocycles. The number of benzene rings is 1. The zero-order valence-corrected chi connectivity index (χ0v) is 11.7. The number of carbonyl (C=O) groups excluding carboxylic acids is 1. The van der Waals surface area contributed by atoms with Crippen LogP contribution in [0.15, 0.2) is 45.3 Å². The molecule has 2 rings (SSSR count). The monoisotopic (exact) mass is 307 g/mol. The molecule has 2 aromatic rings. The highest BCUT2D eigenvalue weighted by molar-refractivity contribution is 9.10. The van der Waals surface area contributed by atoms with Crippen LogP contribution in [0.25, 0.3) is 0 Å². The number of aryl methyl sites for hydroxylation is 1. The molecule has 0 fully saturated rings. The van der Waals surface area contributed by atoms with Crippen molar-refractivity contribution in [1.82, 2.24) is 5.32 Å². The minimum Gasteiger partial charge on any atom is -0.466 e. The molecule has 1 N–H and O–H groups in total. The SMILES string of the molecule is Cc1ccc(CCNC(=O)c2ccccc2Br)o1. The van der Waals surface area contributed by atoms with Crippen LogP contribution < -0.4 is 5.32 Å². The van der Waals surface area contributed by atoms with E-state index in [4.69, 9.17) is 4.42 Å². The van der Waals surface area contributed by atoms with Gasteiger partial charge >= 0.3 is 0 Å². The van der Waals surface area contributed by atoms with Gasteiger partial charge in [0.15, 0.2) is 0 Å². The molecule has 0 spiro atoms. The number of hydrogen-bond donors (Lipinski definition) is 1.